The number of aryl methyl sites for hydroxylation is 1. The minimum atomic E-state index is -0.0640. The highest BCUT2D eigenvalue weighted by Gasteiger charge is 2.10. The molecular weight excluding hydrogens is 378 g/mol. The Morgan fingerprint density at radius 3 is 2.72 bits per heavy atom. The Balaban J connectivity index is 2.08. The third kappa shape index (κ3) is 3.22. The van der Waals surface area contributed by atoms with Gasteiger partial charge in [0.2, 0.25) is 0 Å². The van der Waals surface area contributed by atoms with E-state index in [1.54, 1.807) is 11.3 Å². The second-order valence-corrected chi connectivity index (χ2v) is 6.57. The molecule has 0 bridgehead atoms. The first-order chi connectivity index (χ1) is 8.58. The molecular formula is C13H11Br2NOS. The first-order valence-corrected chi connectivity index (χ1v) is 7.80. The molecule has 1 heterocycles. The second-order valence-electron chi connectivity index (χ2n) is 3.86. The number of thiophene rings is 1. The second kappa shape index (κ2) is 5.99. The van der Waals surface area contributed by atoms with E-state index < -0.39 is 0 Å². The van der Waals surface area contributed by atoms with E-state index in [0.29, 0.717) is 12.1 Å². The lowest BCUT2D eigenvalue weighted by Crippen LogP contribution is -2.23. The van der Waals surface area contributed by atoms with Crippen LogP contribution in [0.1, 0.15) is 20.8 Å². The van der Waals surface area contributed by atoms with E-state index in [1.165, 1.54) is 0 Å². The fraction of sp³-hybridized carbons (Fsp3) is 0.154. The van der Waals surface area contributed by atoms with Crippen LogP contribution in [-0.2, 0) is 6.54 Å². The van der Waals surface area contributed by atoms with Crippen LogP contribution in [0.15, 0.2) is 38.6 Å². The van der Waals surface area contributed by atoms with Gasteiger partial charge in [0.25, 0.3) is 5.91 Å². The van der Waals surface area contributed by atoms with Crippen LogP contribution in [0.25, 0.3) is 0 Å². The van der Waals surface area contributed by atoms with E-state index in [9.17, 15) is 4.79 Å². The maximum Gasteiger partial charge on any atom is 0.252 e. The first kappa shape index (κ1) is 13.8. The molecule has 1 N–H and O–H groups in total. The lowest BCUT2D eigenvalue weighted by Gasteiger charge is -2.07. The Morgan fingerprint density at radius 1 is 1.28 bits per heavy atom. The number of amides is 1. The number of carbonyl (C=O) groups is 1. The highest BCUT2D eigenvalue weighted by Crippen LogP contribution is 2.23. The molecule has 0 aliphatic heterocycles. The van der Waals surface area contributed by atoms with Crippen LogP contribution < -0.4 is 5.32 Å². The molecule has 0 radical (unpaired) electrons. The van der Waals surface area contributed by atoms with E-state index in [-0.39, 0.29) is 5.91 Å². The Labute approximate surface area is 127 Å². The van der Waals surface area contributed by atoms with Crippen molar-refractivity contribution in [2.45, 2.75) is 13.5 Å². The van der Waals surface area contributed by atoms with Gasteiger partial charge in [0, 0.05) is 13.8 Å². The molecule has 0 unspecified atom stereocenters. The van der Waals surface area contributed by atoms with E-state index in [0.717, 1.165) is 19.4 Å². The molecule has 1 aromatic carbocycles. The van der Waals surface area contributed by atoms with Crippen LogP contribution in [0.5, 0.6) is 0 Å². The summed E-state index contributed by atoms with van der Waals surface area (Å²) in [4.78, 5) is 13.2. The van der Waals surface area contributed by atoms with Gasteiger partial charge in [0.1, 0.15) is 0 Å². The Hall–Kier alpha value is -0.650. The summed E-state index contributed by atoms with van der Waals surface area (Å²) < 4.78 is 1.85. The number of benzene rings is 1. The van der Waals surface area contributed by atoms with Gasteiger partial charge in [-0.2, -0.15) is 0 Å². The number of nitrogens with one attached hydrogen (secondary N) is 1. The van der Waals surface area contributed by atoms with Crippen molar-refractivity contribution >= 4 is 49.1 Å². The van der Waals surface area contributed by atoms with Gasteiger partial charge in [-0.15, -0.1) is 11.3 Å². The molecule has 0 atom stereocenters. The van der Waals surface area contributed by atoms with Gasteiger partial charge in [0.15, 0.2) is 0 Å². The SMILES string of the molecule is Cc1ccc(Br)c(C(=O)NCc2sccc2Br)c1. The highest BCUT2D eigenvalue weighted by atomic mass is 79.9. The molecule has 1 amide bonds. The van der Waals surface area contributed by atoms with E-state index in [4.69, 9.17) is 0 Å². The van der Waals surface area contributed by atoms with Crippen LogP contribution in [0.4, 0.5) is 0 Å². The molecule has 5 heteroatoms. The summed E-state index contributed by atoms with van der Waals surface area (Å²) >= 11 is 8.47. The van der Waals surface area contributed by atoms with Gasteiger partial charge in [-0.1, -0.05) is 11.6 Å². The number of hydrogen-bond acceptors (Lipinski definition) is 2. The molecule has 94 valence electrons. The van der Waals surface area contributed by atoms with Gasteiger partial charge in [-0.3, -0.25) is 4.79 Å². The van der Waals surface area contributed by atoms with Gasteiger partial charge >= 0.3 is 0 Å². The number of halogens is 2. The zero-order valence-electron chi connectivity index (χ0n) is 9.67. The molecule has 0 aliphatic rings. The van der Waals surface area contributed by atoms with Gasteiger partial charge < -0.3 is 5.32 Å². The van der Waals surface area contributed by atoms with Crippen LogP contribution in [0.3, 0.4) is 0 Å². The third-order valence-corrected chi connectivity index (χ3v) is 5.08. The highest BCUT2D eigenvalue weighted by molar-refractivity contribution is 9.10. The number of rotatable bonds is 3. The molecule has 0 saturated heterocycles. The predicted molar refractivity (Wildman–Crippen MR) is 82.1 cm³/mol. The minimum absolute atomic E-state index is 0.0640. The van der Waals surface area contributed by atoms with Crippen LogP contribution in [-0.4, -0.2) is 5.91 Å². The van der Waals surface area contributed by atoms with Gasteiger partial charge in [-0.25, -0.2) is 0 Å². The van der Waals surface area contributed by atoms with Crippen molar-refractivity contribution in [3.63, 3.8) is 0 Å². The maximum absolute atomic E-state index is 12.1. The molecule has 0 saturated carbocycles. The molecule has 18 heavy (non-hydrogen) atoms. The summed E-state index contributed by atoms with van der Waals surface area (Å²) in [6.45, 7) is 2.51. The first-order valence-electron chi connectivity index (χ1n) is 5.34. The monoisotopic (exact) mass is 387 g/mol. The van der Waals surface area contributed by atoms with Gasteiger partial charge in [0.05, 0.1) is 12.1 Å². The molecule has 0 spiro atoms. The van der Waals surface area contributed by atoms with Gasteiger partial charge in [-0.05, 0) is 62.4 Å². The van der Waals surface area contributed by atoms with Crippen LogP contribution in [0.2, 0.25) is 0 Å². The Bertz CT molecular complexity index is 580. The number of hydrogen-bond donors (Lipinski definition) is 1. The van der Waals surface area contributed by atoms with Crippen molar-refractivity contribution in [3.8, 4) is 0 Å². The Kier molecular flexibility index (Phi) is 4.59. The normalized spacial score (nSPS) is 10.4. The fourth-order valence-corrected chi connectivity index (χ4v) is 3.38. The minimum Gasteiger partial charge on any atom is -0.347 e. The van der Waals surface area contributed by atoms with Crippen LogP contribution in [0, 0.1) is 6.92 Å². The summed E-state index contributed by atoms with van der Waals surface area (Å²) in [5.74, 6) is -0.0640. The predicted octanol–water partition coefficient (Wildman–Crippen LogP) is 4.51. The van der Waals surface area contributed by atoms with Crippen molar-refractivity contribution in [1.82, 2.24) is 5.32 Å². The zero-order valence-corrected chi connectivity index (χ0v) is 13.7. The van der Waals surface area contributed by atoms with Crippen molar-refractivity contribution in [3.05, 3.63) is 54.6 Å². The third-order valence-electron chi connectivity index (χ3n) is 2.47. The maximum atomic E-state index is 12.1. The lowest BCUT2D eigenvalue weighted by molar-refractivity contribution is 0.0950. The van der Waals surface area contributed by atoms with Crippen molar-refractivity contribution in [1.29, 1.82) is 0 Å². The number of carbonyl (C=O) groups excluding carboxylic acids is 1. The lowest BCUT2D eigenvalue weighted by atomic mass is 10.1. The largest absolute Gasteiger partial charge is 0.347 e. The molecule has 0 aliphatic carbocycles. The average molecular weight is 389 g/mol. The van der Waals surface area contributed by atoms with Crippen LogP contribution >= 0.6 is 43.2 Å². The standard InChI is InChI=1S/C13H11Br2NOS/c1-8-2-3-10(14)9(6-8)13(17)16-7-12-11(15)4-5-18-12/h2-6H,7H2,1H3,(H,16,17). The molecule has 2 rings (SSSR count). The molecule has 2 aromatic rings. The smallest absolute Gasteiger partial charge is 0.252 e. The van der Waals surface area contributed by atoms with Crippen molar-refractivity contribution in [2.24, 2.45) is 0 Å². The summed E-state index contributed by atoms with van der Waals surface area (Å²) in [7, 11) is 0. The summed E-state index contributed by atoms with van der Waals surface area (Å²) in [6, 6.07) is 7.72. The fourth-order valence-electron chi connectivity index (χ4n) is 1.52. The molecule has 1 aromatic heterocycles. The average Bonchev–Trinajstić information content (AvgIpc) is 2.75. The summed E-state index contributed by atoms with van der Waals surface area (Å²) in [6.07, 6.45) is 0. The quantitative estimate of drug-likeness (QED) is 0.823. The summed E-state index contributed by atoms with van der Waals surface area (Å²) in [5, 5.41) is 4.92. The van der Waals surface area contributed by atoms with E-state index in [2.05, 4.69) is 37.2 Å². The zero-order chi connectivity index (χ0) is 13.1. The summed E-state index contributed by atoms with van der Waals surface area (Å²) in [5.41, 5.74) is 1.74. The van der Waals surface area contributed by atoms with E-state index >= 15 is 0 Å². The topological polar surface area (TPSA) is 29.1 Å². The molecule has 2 nitrogen and oxygen atoms in total. The molecule has 0 fully saturated rings. The van der Waals surface area contributed by atoms with Crippen molar-refractivity contribution < 1.29 is 4.79 Å². The van der Waals surface area contributed by atoms with Crippen molar-refractivity contribution in [2.75, 3.05) is 0 Å². The van der Waals surface area contributed by atoms with E-state index in [1.807, 2.05) is 36.6 Å². The Morgan fingerprint density at radius 2 is 2.06 bits per heavy atom.